The number of para-hydroxylation sites is 1. The summed E-state index contributed by atoms with van der Waals surface area (Å²) in [6, 6.07) is 7.77. The van der Waals surface area contributed by atoms with Gasteiger partial charge in [-0.2, -0.15) is 0 Å². The smallest absolute Gasteiger partial charge is 0.123 e. The molecule has 70 valence electrons. The summed E-state index contributed by atoms with van der Waals surface area (Å²) in [6.45, 7) is 0.820. The van der Waals surface area contributed by atoms with Gasteiger partial charge in [0.25, 0.3) is 0 Å². The molecular weight excluding hydrogens is 166 g/mol. The minimum Gasteiger partial charge on any atom is -0.493 e. The van der Waals surface area contributed by atoms with Crippen molar-refractivity contribution in [3.63, 3.8) is 0 Å². The van der Waals surface area contributed by atoms with E-state index in [9.17, 15) is 5.11 Å². The topological polar surface area (TPSA) is 55.5 Å². The molecule has 0 amide bonds. The van der Waals surface area contributed by atoms with Gasteiger partial charge in [-0.15, -0.1) is 0 Å². The van der Waals surface area contributed by atoms with Gasteiger partial charge in [-0.1, -0.05) is 18.2 Å². The first kappa shape index (κ1) is 8.53. The van der Waals surface area contributed by atoms with Crippen molar-refractivity contribution in [3.05, 3.63) is 29.8 Å². The maximum Gasteiger partial charge on any atom is 0.123 e. The standard InChI is InChI=1S/C10H13NO2/c11-5-9(12)8-6-13-10-4-2-1-3-7(8)10/h1-4,8-9,12H,5-6,11H2. The zero-order chi connectivity index (χ0) is 9.26. The van der Waals surface area contributed by atoms with E-state index in [1.54, 1.807) is 0 Å². The molecule has 1 aliphatic heterocycles. The highest BCUT2D eigenvalue weighted by molar-refractivity contribution is 5.40. The average molecular weight is 179 g/mol. The third-order valence-corrected chi connectivity index (χ3v) is 2.44. The number of ether oxygens (including phenoxy) is 1. The fourth-order valence-corrected chi connectivity index (χ4v) is 1.67. The predicted octanol–water partition coefficient (Wildman–Crippen LogP) is 0.482. The first-order valence-corrected chi connectivity index (χ1v) is 4.43. The van der Waals surface area contributed by atoms with Gasteiger partial charge >= 0.3 is 0 Å². The Kier molecular flexibility index (Phi) is 2.20. The second-order valence-corrected chi connectivity index (χ2v) is 3.26. The van der Waals surface area contributed by atoms with Crippen molar-refractivity contribution in [3.8, 4) is 5.75 Å². The second-order valence-electron chi connectivity index (χ2n) is 3.26. The molecule has 1 aliphatic rings. The summed E-state index contributed by atoms with van der Waals surface area (Å²) >= 11 is 0. The van der Waals surface area contributed by atoms with Gasteiger partial charge in [0.05, 0.1) is 12.7 Å². The van der Waals surface area contributed by atoms with Crippen LogP contribution < -0.4 is 10.5 Å². The maximum atomic E-state index is 9.60. The molecule has 3 heteroatoms. The van der Waals surface area contributed by atoms with Crippen molar-refractivity contribution >= 4 is 0 Å². The quantitative estimate of drug-likeness (QED) is 0.694. The molecule has 0 saturated carbocycles. The lowest BCUT2D eigenvalue weighted by atomic mass is 9.96. The van der Waals surface area contributed by atoms with Crippen molar-refractivity contribution in [1.29, 1.82) is 0 Å². The SMILES string of the molecule is NCC(O)C1COc2ccccc21. The summed E-state index contributed by atoms with van der Waals surface area (Å²) < 4.78 is 5.42. The number of aliphatic hydroxyl groups excluding tert-OH is 1. The molecule has 0 fully saturated rings. The number of hydrogen-bond acceptors (Lipinski definition) is 3. The highest BCUT2D eigenvalue weighted by Gasteiger charge is 2.28. The van der Waals surface area contributed by atoms with Gasteiger partial charge in [0, 0.05) is 18.0 Å². The molecule has 0 aromatic heterocycles. The van der Waals surface area contributed by atoms with Gasteiger partial charge in [-0.05, 0) is 6.07 Å². The molecule has 0 radical (unpaired) electrons. The number of aliphatic hydroxyl groups is 1. The van der Waals surface area contributed by atoms with Crippen LogP contribution in [-0.4, -0.2) is 24.4 Å². The van der Waals surface area contributed by atoms with Gasteiger partial charge in [-0.25, -0.2) is 0 Å². The minimum absolute atomic E-state index is 0.0428. The minimum atomic E-state index is -0.497. The summed E-state index contributed by atoms with van der Waals surface area (Å²) in [5.41, 5.74) is 6.47. The van der Waals surface area contributed by atoms with Crippen LogP contribution in [0.15, 0.2) is 24.3 Å². The van der Waals surface area contributed by atoms with Crippen LogP contribution >= 0.6 is 0 Å². The zero-order valence-corrected chi connectivity index (χ0v) is 7.31. The molecule has 0 saturated heterocycles. The van der Waals surface area contributed by atoms with E-state index in [2.05, 4.69) is 0 Å². The maximum absolute atomic E-state index is 9.60. The van der Waals surface area contributed by atoms with Crippen LogP contribution in [0.5, 0.6) is 5.75 Å². The number of nitrogens with two attached hydrogens (primary N) is 1. The third kappa shape index (κ3) is 1.41. The number of fused-ring (bicyclic) bond motifs is 1. The van der Waals surface area contributed by atoms with Crippen molar-refractivity contribution < 1.29 is 9.84 Å². The van der Waals surface area contributed by atoms with Gasteiger partial charge in [0.1, 0.15) is 5.75 Å². The molecule has 1 aromatic carbocycles. The van der Waals surface area contributed by atoms with E-state index in [0.717, 1.165) is 11.3 Å². The zero-order valence-electron chi connectivity index (χ0n) is 7.31. The molecule has 3 nitrogen and oxygen atoms in total. The fourth-order valence-electron chi connectivity index (χ4n) is 1.67. The van der Waals surface area contributed by atoms with Crippen molar-refractivity contribution in [1.82, 2.24) is 0 Å². The molecule has 0 bridgehead atoms. The molecule has 2 unspecified atom stereocenters. The van der Waals surface area contributed by atoms with E-state index >= 15 is 0 Å². The van der Waals surface area contributed by atoms with Crippen molar-refractivity contribution in [2.24, 2.45) is 5.73 Å². The highest BCUT2D eigenvalue weighted by Crippen LogP contribution is 2.35. The second kappa shape index (κ2) is 3.36. The molecule has 1 aromatic rings. The van der Waals surface area contributed by atoms with Crippen LogP contribution in [0.25, 0.3) is 0 Å². The van der Waals surface area contributed by atoms with Crippen LogP contribution in [-0.2, 0) is 0 Å². The summed E-state index contributed by atoms with van der Waals surface area (Å²) in [7, 11) is 0. The Morgan fingerprint density at radius 2 is 2.31 bits per heavy atom. The van der Waals surface area contributed by atoms with Gasteiger partial charge in [-0.3, -0.25) is 0 Å². The first-order valence-electron chi connectivity index (χ1n) is 4.43. The summed E-state index contributed by atoms with van der Waals surface area (Å²) in [5, 5.41) is 9.60. The highest BCUT2D eigenvalue weighted by atomic mass is 16.5. The lowest BCUT2D eigenvalue weighted by molar-refractivity contribution is 0.136. The van der Waals surface area contributed by atoms with Gasteiger partial charge < -0.3 is 15.6 Å². The van der Waals surface area contributed by atoms with E-state index in [1.807, 2.05) is 24.3 Å². The van der Waals surface area contributed by atoms with E-state index in [-0.39, 0.29) is 12.5 Å². The van der Waals surface area contributed by atoms with Crippen molar-refractivity contribution in [2.45, 2.75) is 12.0 Å². The normalized spacial score (nSPS) is 22.2. The summed E-state index contributed by atoms with van der Waals surface area (Å²) in [5.74, 6) is 0.918. The Morgan fingerprint density at radius 1 is 1.54 bits per heavy atom. The Morgan fingerprint density at radius 3 is 3.08 bits per heavy atom. The lowest BCUT2D eigenvalue weighted by Gasteiger charge is -2.14. The van der Waals surface area contributed by atoms with Crippen molar-refractivity contribution in [2.75, 3.05) is 13.2 Å². The van der Waals surface area contributed by atoms with Gasteiger partial charge in [0.2, 0.25) is 0 Å². The molecule has 3 N–H and O–H groups in total. The Balaban J connectivity index is 2.28. The molecule has 1 heterocycles. The Labute approximate surface area is 77.1 Å². The Hall–Kier alpha value is -1.06. The fraction of sp³-hybridized carbons (Fsp3) is 0.400. The van der Waals surface area contributed by atoms with Crippen LogP contribution in [0.3, 0.4) is 0 Å². The van der Waals surface area contributed by atoms with E-state index in [1.165, 1.54) is 0 Å². The van der Waals surface area contributed by atoms with E-state index < -0.39 is 6.10 Å². The Bertz CT molecular complexity index is 301. The van der Waals surface area contributed by atoms with Crippen LogP contribution in [0.1, 0.15) is 11.5 Å². The van der Waals surface area contributed by atoms with Crippen LogP contribution in [0, 0.1) is 0 Å². The molecule has 13 heavy (non-hydrogen) atoms. The molecule has 0 spiro atoms. The van der Waals surface area contributed by atoms with Crippen LogP contribution in [0.4, 0.5) is 0 Å². The molecule has 2 rings (SSSR count). The lowest BCUT2D eigenvalue weighted by Crippen LogP contribution is -2.28. The number of hydrogen-bond donors (Lipinski definition) is 2. The molecular formula is C10H13NO2. The summed E-state index contributed by atoms with van der Waals surface area (Å²) in [6.07, 6.45) is -0.497. The third-order valence-electron chi connectivity index (χ3n) is 2.44. The summed E-state index contributed by atoms with van der Waals surface area (Å²) in [4.78, 5) is 0. The molecule has 0 aliphatic carbocycles. The molecule has 2 atom stereocenters. The number of rotatable bonds is 2. The first-order chi connectivity index (χ1) is 6.33. The monoisotopic (exact) mass is 179 g/mol. The van der Waals surface area contributed by atoms with Crippen LogP contribution in [0.2, 0.25) is 0 Å². The number of benzene rings is 1. The average Bonchev–Trinajstić information content (AvgIpc) is 2.60. The van der Waals surface area contributed by atoms with E-state index in [0.29, 0.717) is 6.61 Å². The van der Waals surface area contributed by atoms with Gasteiger partial charge in [0.15, 0.2) is 0 Å². The largest absolute Gasteiger partial charge is 0.493 e. The predicted molar refractivity (Wildman–Crippen MR) is 49.7 cm³/mol. The van der Waals surface area contributed by atoms with E-state index in [4.69, 9.17) is 10.5 Å².